The summed E-state index contributed by atoms with van der Waals surface area (Å²) in [6, 6.07) is 4.30. The molecule has 0 aliphatic carbocycles. The second kappa shape index (κ2) is 6.59. The Morgan fingerprint density at radius 3 is 2.91 bits per heavy atom. The van der Waals surface area contributed by atoms with E-state index < -0.39 is 0 Å². The van der Waals surface area contributed by atoms with Gasteiger partial charge in [-0.3, -0.25) is 0 Å². The monoisotopic (exact) mass is 303 g/mol. The normalized spacial score (nSPS) is 20.5. The molecule has 0 saturated carbocycles. The second-order valence-electron chi connectivity index (χ2n) is 6.04. The molecule has 1 unspecified atom stereocenters. The summed E-state index contributed by atoms with van der Waals surface area (Å²) in [6.45, 7) is 6.83. The van der Waals surface area contributed by atoms with Crippen LogP contribution in [0, 0.1) is 0 Å². The lowest BCUT2D eigenvalue weighted by Gasteiger charge is -2.28. The number of hydrogen-bond donors (Lipinski definition) is 0. The topological polar surface area (TPSA) is 38.8 Å². The number of benzene rings is 1. The summed E-state index contributed by atoms with van der Waals surface area (Å²) in [5.41, 5.74) is 4.18. The molecule has 0 radical (unpaired) electrons. The molecular formula is C18H25NO3. The fraction of sp³-hybridized carbons (Fsp3) is 0.611. The molecule has 4 nitrogen and oxygen atoms in total. The number of carbonyl (C=O) groups is 1. The van der Waals surface area contributed by atoms with Crippen LogP contribution in [-0.4, -0.2) is 37.3 Å². The first-order chi connectivity index (χ1) is 10.7. The summed E-state index contributed by atoms with van der Waals surface area (Å²) in [6.07, 6.45) is 3.86. The minimum Gasteiger partial charge on any atom is -0.493 e. The fourth-order valence-corrected chi connectivity index (χ4v) is 3.67. The summed E-state index contributed by atoms with van der Waals surface area (Å²) < 4.78 is 11.0. The predicted octanol–water partition coefficient (Wildman–Crippen LogP) is 3.52. The van der Waals surface area contributed by atoms with E-state index in [1.807, 2.05) is 11.8 Å². The quantitative estimate of drug-likeness (QED) is 0.839. The van der Waals surface area contributed by atoms with Crippen molar-refractivity contribution in [3.8, 4) is 5.75 Å². The lowest BCUT2D eigenvalue weighted by molar-refractivity contribution is 0.109. The highest BCUT2D eigenvalue weighted by molar-refractivity contribution is 5.68. The number of fused-ring (bicyclic) bond motifs is 3. The molecule has 0 saturated heterocycles. The van der Waals surface area contributed by atoms with E-state index in [9.17, 15) is 4.79 Å². The Balaban J connectivity index is 1.88. The highest BCUT2D eigenvalue weighted by atomic mass is 16.6. The maximum atomic E-state index is 12.0. The number of amides is 1. The van der Waals surface area contributed by atoms with E-state index in [-0.39, 0.29) is 6.09 Å². The van der Waals surface area contributed by atoms with Gasteiger partial charge in [-0.1, -0.05) is 13.0 Å². The average molecular weight is 303 g/mol. The lowest BCUT2D eigenvalue weighted by Crippen LogP contribution is -2.33. The van der Waals surface area contributed by atoms with Gasteiger partial charge < -0.3 is 14.4 Å². The number of rotatable bonds is 2. The molecule has 1 amide bonds. The van der Waals surface area contributed by atoms with Crippen LogP contribution in [0.2, 0.25) is 0 Å². The molecule has 2 aliphatic heterocycles. The highest BCUT2D eigenvalue weighted by Gasteiger charge is 2.27. The van der Waals surface area contributed by atoms with Crippen LogP contribution in [-0.2, 0) is 17.6 Å². The van der Waals surface area contributed by atoms with E-state index in [4.69, 9.17) is 9.47 Å². The van der Waals surface area contributed by atoms with Crippen molar-refractivity contribution >= 4 is 6.09 Å². The standard InChI is InChI=1S/C18H25NO3/c1-3-13-9-12-22-16-6-5-14-7-10-19(18(20)21-4-2)11-8-15(14)17(13)16/h5-6,13H,3-4,7-12H2,1-2H3. The first-order valence-corrected chi connectivity index (χ1v) is 8.43. The average Bonchev–Trinajstić information content (AvgIpc) is 2.77. The van der Waals surface area contributed by atoms with Crippen molar-refractivity contribution in [2.75, 3.05) is 26.3 Å². The molecule has 1 aromatic carbocycles. The van der Waals surface area contributed by atoms with Crippen LogP contribution in [0.15, 0.2) is 12.1 Å². The highest BCUT2D eigenvalue weighted by Crippen LogP contribution is 2.40. The number of carbonyl (C=O) groups excluding carboxylic acids is 1. The minimum absolute atomic E-state index is 0.188. The first kappa shape index (κ1) is 15.2. The molecule has 0 aromatic heterocycles. The zero-order valence-electron chi connectivity index (χ0n) is 13.6. The first-order valence-electron chi connectivity index (χ1n) is 8.43. The van der Waals surface area contributed by atoms with Crippen molar-refractivity contribution in [1.29, 1.82) is 0 Å². The molecule has 0 spiro atoms. The van der Waals surface area contributed by atoms with Gasteiger partial charge in [0.05, 0.1) is 13.2 Å². The number of nitrogens with zero attached hydrogens (tertiary/aromatic N) is 1. The van der Waals surface area contributed by atoms with Crippen LogP contribution in [0.3, 0.4) is 0 Å². The third-order valence-corrected chi connectivity index (χ3v) is 4.85. The van der Waals surface area contributed by atoms with Crippen molar-refractivity contribution in [3.63, 3.8) is 0 Å². The van der Waals surface area contributed by atoms with Gasteiger partial charge in [0.2, 0.25) is 0 Å². The van der Waals surface area contributed by atoms with E-state index in [1.54, 1.807) is 0 Å². The Bertz CT molecular complexity index is 556. The van der Waals surface area contributed by atoms with Crippen LogP contribution in [0.4, 0.5) is 4.79 Å². The zero-order chi connectivity index (χ0) is 15.5. The van der Waals surface area contributed by atoms with Crippen molar-refractivity contribution in [2.45, 2.75) is 45.4 Å². The van der Waals surface area contributed by atoms with Gasteiger partial charge in [0.15, 0.2) is 0 Å². The molecule has 2 heterocycles. The molecule has 1 aromatic rings. The summed E-state index contributed by atoms with van der Waals surface area (Å²) in [4.78, 5) is 13.8. The van der Waals surface area contributed by atoms with Gasteiger partial charge in [-0.2, -0.15) is 0 Å². The van der Waals surface area contributed by atoms with Crippen LogP contribution in [0.1, 0.15) is 49.3 Å². The molecular weight excluding hydrogens is 278 g/mol. The van der Waals surface area contributed by atoms with Crippen molar-refractivity contribution in [1.82, 2.24) is 4.90 Å². The number of hydrogen-bond acceptors (Lipinski definition) is 3. The van der Waals surface area contributed by atoms with E-state index in [2.05, 4.69) is 19.1 Å². The molecule has 2 aliphatic rings. The molecule has 4 heteroatoms. The third kappa shape index (κ3) is 2.79. The third-order valence-electron chi connectivity index (χ3n) is 4.85. The Morgan fingerprint density at radius 2 is 2.14 bits per heavy atom. The fourth-order valence-electron chi connectivity index (χ4n) is 3.67. The van der Waals surface area contributed by atoms with Crippen LogP contribution in [0.25, 0.3) is 0 Å². The maximum absolute atomic E-state index is 12.0. The second-order valence-corrected chi connectivity index (χ2v) is 6.04. The van der Waals surface area contributed by atoms with Gasteiger partial charge in [-0.05, 0) is 55.7 Å². The summed E-state index contributed by atoms with van der Waals surface area (Å²) >= 11 is 0. The van der Waals surface area contributed by atoms with Crippen LogP contribution >= 0.6 is 0 Å². The molecule has 120 valence electrons. The summed E-state index contributed by atoms with van der Waals surface area (Å²) in [5, 5.41) is 0. The molecule has 0 N–H and O–H groups in total. The molecule has 0 fully saturated rings. The Morgan fingerprint density at radius 1 is 1.32 bits per heavy atom. The van der Waals surface area contributed by atoms with Crippen molar-refractivity contribution in [2.24, 2.45) is 0 Å². The molecule has 1 atom stereocenters. The summed E-state index contributed by atoms with van der Waals surface area (Å²) in [5.74, 6) is 1.65. The Kier molecular flexibility index (Phi) is 4.55. The smallest absolute Gasteiger partial charge is 0.409 e. The van der Waals surface area contributed by atoms with Gasteiger partial charge >= 0.3 is 6.09 Å². The largest absolute Gasteiger partial charge is 0.493 e. The van der Waals surface area contributed by atoms with E-state index >= 15 is 0 Å². The van der Waals surface area contributed by atoms with E-state index in [0.717, 1.165) is 51.1 Å². The molecule has 0 bridgehead atoms. The zero-order valence-corrected chi connectivity index (χ0v) is 13.6. The van der Waals surface area contributed by atoms with E-state index in [0.29, 0.717) is 12.5 Å². The maximum Gasteiger partial charge on any atom is 0.409 e. The van der Waals surface area contributed by atoms with Gasteiger partial charge in [0.25, 0.3) is 0 Å². The lowest BCUT2D eigenvalue weighted by atomic mass is 9.84. The van der Waals surface area contributed by atoms with Gasteiger partial charge in [-0.15, -0.1) is 0 Å². The minimum atomic E-state index is -0.188. The van der Waals surface area contributed by atoms with Crippen molar-refractivity contribution < 1.29 is 14.3 Å². The van der Waals surface area contributed by atoms with E-state index in [1.165, 1.54) is 16.7 Å². The van der Waals surface area contributed by atoms with Gasteiger partial charge in [-0.25, -0.2) is 4.79 Å². The molecule has 22 heavy (non-hydrogen) atoms. The van der Waals surface area contributed by atoms with Crippen LogP contribution < -0.4 is 4.74 Å². The van der Waals surface area contributed by atoms with Crippen molar-refractivity contribution in [3.05, 3.63) is 28.8 Å². The van der Waals surface area contributed by atoms with Crippen LogP contribution in [0.5, 0.6) is 5.75 Å². The Hall–Kier alpha value is -1.71. The SMILES string of the molecule is CCOC(=O)N1CCc2ccc3c(c2CC1)C(CC)CCO3. The number of ether oxygens (including phenoxy) is 2. The Labute approximate surface area is 132 Å². The summed E-state index contributed by atoms with van der Waals surface area (Å²) in [7, 11) is 0. The predicted molar refractivity (Wildman–Crippen MR) is 85.6 cm³/mol. The van der Waals surface area contributed by atoms with Gasteiger partial charge in [0, 0.05) is 18.7 Å². The van der Waals surface area contributed by atoms with Gasteiger partial charge in [0.1, 0.15) is 5.75 Å². The molecule has 3 rings (SSSR count).